The van der Waals surface area contributed by atoms with Crippen LogP contribution in [0.15, 0.2) is 24.3 Å². The van der Waals surface area contributed by atoms with Crippen molar-refractivity contribution < 1.29 is 19.4 Å². The Morgan fingerprint density at radius 1 is 1.41 bits per heavy atom. The van der Waals surface area contributed by atoms with E-state index < -0.39 is 11.6 Å². The topological polar surface area (TPSA) is 63.6 Å². The summed E-state index contributed by atoms with van der Waals surface area (Å²) in [6.07, 6.45) is 1.43. The zero-order valence-electron chi connectivity index (χ0n) is 9.97. The summed E-state index contributed by atoms with van der Waals surface area (Å²) in [5.74, 6) is -0.584. The van der Waals surface area contributed by atoms with E-state index in [1.165, 1.54) is 6.07 Å². The average molecular weight is 236 g/mol. The number of aliphatic carboxylic acids is 1. The molecule has 0 saturated heterocycles. The summed E-state index contributed by atoms with van der Waals surface area (Å²) in [6.45, 7) is 3.53. The largest absolute Gasteiger partial charge is 0.478 e. The van der Waals surface area contributed by atoms with Gasteiger partial charge in [0, 0.05) is 5.56 Å². The van der Waals surface area contributed by atoms with Gasteiger partial charge in [-0.25, -0.2) is 4.79 Å². The summed E-state index contributed by atoms with van der Waals surface area (Å²) in [4.78, 5) is 21.9. The van der Waals surface area contributed by atoms with Crippen LogP contribution in [0.2, 0.25) is 0 Å². The molecule has 0 atom stereocenters. The molecule has 17 heavy (non-hydrogen) atoms. The Morgan fingerprint density at radius 3 is 2.53 bits per heavy atom. The number of hydrogen-bond acceptors (Lipinski definition) is 3. The fourth-order valence-electron chi connectivity index (χ4n) is 1.62. The van der Waals surface area contributed by atoms with Crippen molar-refractivity contribution in [2.75, 3.05) is 0 Å². The highest BCUT2D eigenvalue weighted by atomic mass is 16.5. The molecular weight excluding hydrogens is 220 g/mol. The van der Waals surface area contributed by atoms with Gasteiger partial charge in [0.15, 0.2) is 0 Å². The lowest BCUT2D eigenvalue weighted by Crippen LogP contribution is -2.43. The fourth-order valence-corrected chi connectivity index (χ4v) is 1.62. The van der Waals surface area contributed by atoms with Crippen LogP contribution in [0.5, 0.6) is 5.75 Å². The van der Waals surface area contributed by atoms with Crippen LogP contribution in [0.3, 0.4) is 0 Å². The summed E-state index contributed by atoms with van der Waals surface area (Å²) < 4.78 is 5.55. The van der Waals surface area contributed by atoms with Crippen LogP contribution in [0.4, 0.5) is 0 Å². The van der Waals surface area contributed by atoms with Crippen molar-refractivity contribution in [3.63, 3.8) is 0 Å². The van der Waals surface area contributed by atoms with Gasteiger partial charge in [-0.3, -0.25) is 4.79 Å². The minimum atomic E-state index is -1.22. The van der Waals surface area contributed by atoms with Gasteiger partial charge < -0.3 is 9.84 Å². The molecule has 1 rings (SSSR count). The average Bonchev–Trinajstić information content (AvgIpc) is 2.36. The van der Waals surface area contributed by atoms with Crippen molar-refractivity contribution in [2.45, 2.75) is 32.3 Å². The monoisotopic (exact) mass is 236 g/mol. The number of hydrogen-bond donors (Lipinski definition) is 1. The maximum atomic E-state index is 11.2. The van der Waals surface area contributed by atoms with Gasteiger partial charge in [0.2, 0.25) is 5.60 Å². The van der Waals surface area contributed by atoms with E-state index in [1.54, 1.807) is 32.0 Å². The Hall–Kier alpha value is -1.84. The summed E-state index contributed by atoms with van der Waals surface area (Å²) in [5.41, 5.74) is -0.754. The highest BCUT2D eigenvalue weighted by Gasteiger charge is 2.37. The number of rotatable bonds is 6. The summed E-state index contributed by atoms with van der Waals surface area (Å²) in [7, 11) is 0. The second-order valence-corrected chi connectivity index (χ2v) is 3.80. The molecule has 0 aromatic heterocycles. The van der Waals surface area contributed by atoms with Crippen molar-refractivity contribution in [1.82, 2.24) is 0 Å². The molecule has 0 aliphatic heterocycles. The van der Waals surface area contributed by atoms with Crippen molar-refractivity contribution in [1.29, 1.82) is 0 Å². The molecule has 0 aliphatic rings. The lowest BCUT2D eigenvalue weighted by Gasteiger charge is -2.28. The SMILES string of the molecule is CCC(CC)(Oc1cccc(C=O)c1)C(=O)O. The van der Waals surface area contributed by atoms with E-state index in [-0.39, 0.29) is 0 Å². The molecule has 0 bridgehead atoms. The molecule has 0 heterocycles. The molecule has 0 spiro atoms. The number of carbonyl (C=O) groups is 2. The molecule has 0 aliphatic carbocycles. The Balaban J connectivity index is 3.00. The van der Waals surface area contributed by atoms with E-state index in [9.17, 15) is 14.7 Å². The summed E-state index contributed by atoms with van der Waals surface area (Å²) >= 11 is 0. The summed E-state index contributed by atoms with van der Waals surface area (Å²) in [5, 5.41) is 9.22. The first-order valence-electron chi connectivity index (χ1n) is 5.55. The molecule has 0 saturated carbocycles. The Morgan fingerprint density at radius 2 is 2.06 bits per heavy atom. The first-order chi connectivity index (χ1) is 8.07. The second kappa shape index (κ2) is 5.48. The van der Waals surface area contributed by atoms with Crippen LogP contribution in [0.25, 0.3) is 0 Å². The number of carboxylic acids is 1. The van der Waals surface area contributed by atoms with Crippen molar-refractivity contribution >= 4 is 12.3 Å². The molecule has 1 aromatic rings. The maximum absolute atomic E-state index is 11.2. The molecule has 1 N–H and O–H groups in total. The predicted octanol–water partition coefficient (Wildman–Crippen LogP) is 2.52. The van der Waals surface area contributed by atoms with Crippen LogP contribution < -0.4 is 4.74 Å². The van der Waals surface area contributed by atoms with Gasteiger partial charge >= 0.3 is 5.97 Å². The minimum Gasteiger partial charge on any atom is -0.478 e. The van der Waals surface area contributed by atoms with Gasteiger partial charge in [-0.15, -0.1) is 0 Å². The smallest absolute Gasteiger partial charge is 0.348 e. The molecule has 1 aromatic carbocycles. The van der Waals surface area contributed by atoms with Gasteiger partial charge in [-0.1, -0.05) is 26.0 Å². The van der Waals surface area contributed by atoms with E-state index in [0.29, 0.717) is 30.4 Å². The van der Waals surface area contributed by atoms with Crippen LogP contribution >= 0.6 is 0 Å². The maximum Gasteiger partial charge on any atom is 0.348 e. The quantitative estimate of drug-likeness (QED) is 0.771. The first-order valence-corrected chi connectivity index (χ1v) is 5.55. The third-order valence-corrected chi connectivity index (χ3v) is 2.84. The fraction of sp³-hybridized carbons (Fsp3) is 0.385. The highest BCUT2D eigenvalue weighted by molar-refractivity contribution is 5.78. The van der Waals surface area contributed by atoms with Gasteiger partial charge in [-0.2, -0.15) is 0 Å². The third-order valence-electron chi connectivity index (χ3n) is 2.84. The number of carboxylic acid groups (broad SMARTS) is 1. The van der Waals surface area contributed by atoms with E-state index >= 15 is 0 Å². The van der Waals surface area contributed by atoms with E-state index in [0.717, 1.165) is 0 Å². The molecule has 4 nitrogen and oxygen atoms in total. The molecule has 0 amide bonds. The standard InChI is InChI=1S/C13H16O4/c1-3-13(4-2,12(15)16)17-11-7-5-6-10(8-11)9-14/h5-9H,3-4H2,1-2H3,(H,15,16). The van der Waals surface area contributed by atoms with Crippen LogP contribution in [0.1, 0.15) is 37.0 Å². The van der Waals surface area contributed by atoms with Crippen LogP contribution in [-0.2, 0) is 4.79 Å². The Labute approximate surface area is 100 Å². The number of carbonyl (C=O) groups excluding carboxylic acids is 1. The molecule has 92 valence electrons. The molecule has 0 fully saturated rings. The lowest BCUT2D eigenvalue weighted by molar-refractivity contribution is -0.156. The highest BCUT2D eigenvalue weighted by Crippen LogP contribution is 2.25. The molecule has 0 unspecified atom stereocenters. The zero-order valence-corrected chi connectivity index (χ0v) is 9.97. The third kappa shape index (κ3) is 2.84. The predicted molar refractivity (Wildman–Crippen MR) is 63.4 cm³/mol. The van der Waals surface area contributed by atoms with E-state index in [2.05, 4.69) is 0 Å². The number of benzene rings is 1. The molecule has 4 heteroatoms. The second-order valence-electron chi connectivity index (χ2n) is 3.80. The van der Waals surface area contributed by atoms with Gasteiger partial charge in [0.25, 0.3) is 0 Å². The minimum absolute atomic E-state index is 0.365. The van der Waals surface area contributed by atoms with Crippen LogP contribution in [0, 0.1) is 0 Å². The zero-order chi connectivity index (χ0) is 12.9. The van der Waals surface area contributed by atoms with Gasteiger partial charge in [0.1, 0.15) is 12.0 Å². The molecular formula is C13H16O4. The lowest BCUT2D eigenvalue weighted by atomic mass is 9.97. The Kier molecular flexibility index (Phi) is 4.26. The molecule has 0 radical (unpaired) electrons. The first kappa shape index (κ1) is 13.2. The Bertz CT molecular complexity index is 408. The van der Waals surface area contributed by atoms with E-state index in [4.69, 9.17) is 4.74 Å². The van der Waals surface area contributed by atoms with Crippen LogP contribution in [-0.4, -0.2) is 23.0 Å². The van der Waals surface area contributed by atoms with Gasteiger partial charge in [0.05, 0.1) is 0 Å². The van der Waals surface area contributed by atoms with Crippen molar-refractivity contribution in [3.05, 3.63) is 29.8 Å². The number of ether oxygens (including phenoxy) is 1. The van der Waals surface area contributed by atoms with Crippen molar-refractivity contribution in [3.8, 4) is 5.75 Å². The van der Waals surface area contributed by atoms with Crippen molar-refractivity contribution in [2.24, 2.45) is 0 Å². The van der Waals surface area contributed by atoms with Gasteiger partial charge in [-0.05, 0) is 25.0 Å². The van der Waals surface area contributed by atoms with E-state index in [1.807, 2.05) is 0 Å². The normalized spacial score (nSPS) is 10.9. The summed E-state index contributed by atoms with van der Waals surface area (Å²) in [6, 6.07) is 6.49. The number of aldehydes is 1.